The zero-order valence-electron chi connectivity index (χ0n) is 14.0. The van der Waals surface area contributed by atoms with E-state index < -0.39 is 11.7 Å². The van der Waals surface area contributed by atoms with Gasteiger partial charge in [-0.2, -0.15) is 5.26 Å². The average Bonchev–Trinajstić information content (AvgIpc) is 2.54. The van der Waals surface area contributed by atoms with E-state index in [4.69, 9.17) is 10.00 Å². The van der Waals surface area contributed by atoms with Gasteiger partial charge in [-0.1, -0.05) is 0 Å². The Balaban J connectivity index is 2.05. The summed E-state index contributed by atoms with van der Waals surface area (Å²) in [6.45, 7) is 6.54. The first-order valence-electron chi connectivity index (χ1n) is 8.00. The van der Waals surface area contributed by atoms with Crippen LogP contribution in [-0.2, 0) is 4.79 Å². The summed E-state index contributed by atoms with van der Waals surface area (Å²) in [6.07, 6.45) is 1.43. The molecule has 2 unspecified atom stereocenters. The van der Waals surface area contributed by atoms with Crippen LogP contribution in [0.5, 0.6) is 5.75 Å². The van der Waals surface area contributed by atoms with Crippen LogP contribution in [0.1, 0.15) is 39.2 Å². The van der Waals surface area contributed by atoms with Crippen LogP contribution in [0.2, 0.25) is 0 Å². The highest BCUT2D eigenvalue weighted by Crippen LogP contribution is 2.25. The minimum Gasteiger partial charge on any atom is -0.478 e. The smallest absolute Gasteiger partial charge is 0.266 e. The van der Waals surface area contributed by atoms with E-state index in [-0.39, 0.29) is 11.8 Å². The normalized spacial score (nSPS) is 19.8. The molecule has 1 aliphatic rings. The van der Waals surface area contributed by atoms with Crippen LogP contribution in [0, 0.1) is 17.2 Å². The first-order chi connectivity index (χ1) is 10.8. The van der Waals surface area contributed by atoms with E-state index >= 15 is 0 Å². The molecule has 0 saturated carbocycles. The third-order valence-electron chi connectivity index (χ3n) is 4.30. The number of aliphatic hydroxyl groups excluding tert-OH is 1. The average molecular weight is 316 g/mol. The molecule has 0 bridgehead atoms. The molecule has 5 heteroatoms. The minimum absolute atomic E-state index is 0.0767. The fourth-order valence-corrected chi connectivity index (χ4v) is 2.90. The molecule has 0 aliphatic carbocycles. The topological polar surface area (TPSA) is 73.6 Å². The lowest BCUT2D eigenvalue weighted by Crippen LogP contribution is -2.53. The third kappa shape index (κ3) is 4.23. The van der Waals surface area contributed by atoms with Crippen LogP contribution in [0.15, 0.2) is 24.3 Å². The molecule has 1 aromatic rings. The van der Waals surface area contributed by atoms with Crippen LogP contribution in [0.4, 0.5) is 0 Å². The van der Waals surface area contributed by atoms with Gasteiger partial charge in [0.25, 0.3) is 5.91 Å². The maximum absolute atomic E-state index is 12.8. The molecule has 1 aliphatic heterocycles. The van der Waals surface area contributed by atoms with Crippen molar-refractivity contribution >= 4 is 5.91 Å². The number of nitrogens with zero attached hydrogens (tertiary/aromatic N) is 2. The Morgan fingerprint density at radius 3 is 2.65 bits per heavy atom. The zero-order chi connectivity index (χ0) is 17.0. The number of hydrogen-bond acceptors (Lipinski definition) is 4. The van der Waals surface area contributed by atoms with Crippen LogP contribution < -0.4 is 4.74 Å². The predicted molar refractivity (Wildman–Crippen MR) is 86.8 cm³/mol. The Kier molecular flexibility index (Phi) is 5.27. The van der Waals surface area contributed by atoms with Gasteiger partial charge in [0, 0.05) is 19.0 Å². The van der Waals surface area contributed by atoms with E-state index in [1.807, 2.05) is 0 Å². The number of carbonyl (C=O) groups excluding carboxylic acids is 1. The number of aliphatic hydroxyl groups is 1. The van der Waals surface area contributed by atoms with Gasteiger partial charge in [0.15, 0.2) is 5.60 Å². The van der Waals surface area contributed by atoms with Crippen molar-refractivity contribution in [1.82, 2.24) is 4.90 Å². The summed E-state index contributed by atoms with van der Waals surface area (Å²) < 4.78 is 5.85. The van der Waals surface area contributed by atoms with Crippen LogP contribution in [0.3, 0.4) is 0 Å². The van der Waals surface area contributed by atoms with Crippen LogP contribution in [-0.4, -0.2) is 40.7 Å². The maximum Gasteiger partial charge on any atom is 0.266 e. The first kappa shape index (κ1) is 17.3. The fraction of sp³-hybridized carbons (Fsp3) is 0.556. The van der Waals surface area contributed by atoms with Gasteiger partial charge < -0.3 is 14.7 Å². The molecule has 0 aromatic heterocycles. The molecule has 1 N–H and O–H groups in total. The number of benzene rings is 1. The molecule has 124 valence electrons. The molecule has 1 amide bonds. The maximum atomic E-state index is 12.8. The number of likely N-dealkylation sites (tertiary alicyclic amines) is 1. The van der Waals surface area contributed by atoms with Gasteiger partial charge in [0.2, 0.25) is 0 Å². The molecule has 1 fully saturated rings. The lowest BCUT2D eigenvalue weighted by molar-refractivity contribution is -0.148. The molecule has 0 spiro atoms. The zero-order valence-corrected chi connectivity index (χ0v) is 14.0. The highest BCUT2D eigenvalue weighted by Gasteiger charge is 2.37. The Hall–Kier alpha value is -2.06. The fourth-order valence-electron chi connectivity index (χ4n) is 2.90. The van der Waals surface area contributed by atoms with Crippen LogP contribution >= 0.6 is 0 Å². The molecule has 1 heterocycles. The Morgan fingerprint density at radius 1 is 1.43 bits per heavy atom. The first-order valence-corrected chi connectivity index (χ1v) is 8.00. The lowest BCUT2D eigenvalue weighted by Gasteiger charge is -2.38. The highest BCUT2D eigenvalue weighted by atomic mass is 16.5. The lowest BCUT2D eigenvalue weighted by atomic mass is 9.92. The van der Waals surface area contributed by atoms with Gasteiger partial charge >= 0.3 is 0 Å². The molecule has 2 rings (SSSR count). The third-order valence-corrected chi connectivity index (χ3v) is 4.30. The molecule has 5 nitrogen and oxygen atoms in total. The van der Waals surface area contributed by atoms with Crippen molar-refractivity contribution in [3.63, 3.8) is 0 Å². The number of amides is 1. The summed E-state index contributed by atoms with van der Waals surface area (Å²) in [4.78, 5) is 14.6. The second-order valence-corrected chi connectivity index (χ2v) is 6.64. The number of rotatable bonds is 4. The van der Waals surface area contributed by atoms with Crippen molar-refractivity contribution in [3.8, 4) is 11.8 Å². The second-order valence-electron chi connectivity index (χ2n) is 6.64. The molecular weight excluding hydrogens is 292 g/mol. The predicted octanol–water partition coefficient (Wildman–Crippen LogP) is 2.34. The summed E-state index contributed by atoms with van der Waals surface area (Å²) in [5.74, 6) is 0.608. The standard InChI is InChI=1S/C18H24N2O3/c1-13(21)15-5-4-10-20(12-15)17(22)18(2,3)23-16-8-6-14(11-19)7-9-16/h6-9,13,15,21H,4-5,10,12H2,1-3H3. The minimum atomic E-state index is -0.991. The van der Waals surface area contributed by atoms with Crippen molar-refractivity contribution in [1.29, 1.82) is 5.26 Å². The van der Waals surface area contributed by atoms with Crippen molar-refractivity contribution in [2.45, 2.75) is 45.3 Å². The highest BCUT2D eigenvalue weighted by molar-refractivity contribution is 5.85. The van der Waals surface area contributed by atoms with E-state index in [2.05, 4.69) is 6.07 Å². The van der Waals surface area contributed by atoms with Crippen molar-refractivity contribution in [2.24, 2.45) is 5.92 Å². The largest absolute Gasteiger partial charge is 0.478 e. The monoisotopic (exact) mass is 316 g/mol. The van der Waals surface area contributed by atoms with Gasteiger partial charge in [-0.15, -0.1) is 0 Å². The van der Waals surface area contributed by atoms with Gasteiger partial charge in [-0.05, 0) is 57.9 Å². The van der Waals surface area contributed by atoms with Crippen molar-refractivity contribution in [3.05, 3.63) is 29.8 Å². The summed E-state index contributed by atoms with van der Waals surface area (Å²) >= 11 is 0. The Labute approximate surface area is 137 Å². The molecule has 23 heavy (non-hydrogen) atoms. The van der Waals surface area contributed by atoms with Crippen molar-refractivity contribution in [2.75, 3.05) is 13.1 Å². The molecule has 0 radical (unpaired) electrons. The summed E-state index contributed by atoms with van der Waals surface area (Å²) in [5.41, 5.74) is -0.438. The Bertz CT molecular complexity index is 587. The molecule has 2 atom stereocenters. The second kappa shape index (κ2) is 7.01. The molecule has 1 saturated heterocycles. The number of piperidine rings is 1. The van der Waals surface area contributed by atoms with E-state index in [9.17, 15) is 9.90 Å². The summed E-state index contributed by atoms with van der Waals surface area (Å²) in [7, 11) is 0. The van der Waals surface area contributed by atoms with Gasteiger partial charge in [0.05, 0.1) is 17.7 Å². The number of carbonyl (C=O) groups is 1. The van der Waals surface area contributed by atoms with Crippen LogP contribution in [0.25, 0.3) is 0 Å². The Morgan fingerprint density at radius 2 is 2.09 bits per heavy atom. The molecular formula is C18H24N2O3. The van der Waals surface area contributed by atoms with E-state index in [1.54, 1.807) is 49.9 Å². The van der Waals surface area contributed by atoms with Gasteiger partial charge in [-0.3, -0.25) is 4.79 Å². The quantitative estimate of drug-likeness (QED) is 0.925. The summed E-state index contributed by atoms with van der Waals surface area (Å²) in [6, 6.07) is 8.78. The number of nitriles is 1. The molecule has 1 aromatic carbocycles. The van der Waals surface area contributed by atoms with Gasteiger partial charge in [-0.25, -0.2) is 0 Å². The van der Waals surface area contributed by atoms with Gasteiger partial charge in [0.1, 0.15) is 5.75 Å². The van der Waals surface area contributed by atoms with Crippen molar-refractivity contribution < 1.29 is 14.6 Å². The van der Waals surface area contributed by atoms with E-state index in [0.717, 1.165) is 12.8 Å². The summed E-state index contributed by atoms with van der Waals surface area (Å²) in [5, 5.41) is 18.6. The SMILES string of the molecule is CC(O)C1CCCN(C(=O)C(C)(C)Oc2ccc(C#N)cc2)C1. The van der Waals surface area contributed by atoms with E-state index in [0.29, 0.717) is 24.4 Å². The number of ether oxygens (including phenoxy) is 1. The van der Waals surface area contributed by atoms with E-state index in [1.165, 1.54) is 0 Å². The number of hydrogen-bond donors (Lipinski definition) is 1.